The highest BCUT2D eigenvalue weighted by Gasteiger charge is 2.48. The third-order valence-electron chi connectivity index (χ3n) is 9.24. The van der Waals surface area contributed by atoms with Gasteiger partial charge in [0.2, 0.25) is 0 Å². The number of hydrogen-bond donors (Lipinski definition) is 1. The van der Waals surface area contributed by atoms with Gasteiger partial charge in [0.15, 0.2) is 0 Å². The van der Waals surface area contributed by atoms with E-state index in [2.05, 4.69) is 26.1 Å². The number of nitrogens with zero attached hydrogens (tertiary/aromatic N) is 1. The zero-order valence-electron chi connectivity index (χ0n) is 19.9. The Morgan fingerprint density at radius 2 is 1.35 bits per heavy atom. The number of hydrogen-bond acceptors (Lipinski definition) is 4. The highest BCUT2D eigenvalue weighted by molar-refractivity contribution is 6.25. The van der Waals surface area contributed by atoms with Crippen molar-refractivity contribution in [1.82, 2.24) is 10.2 Å². The Morgan fingerprint density at radius 1 is 0.853 bits per heavy atom. The molecule has 2 aliphatic heterocycles. The first kappa shape index (κ1) is 21.5. The molecule has 1 aromatic carbocycles. The van der Waals surface area contributed by atoms with Crippen LogP contribution in [0.5, 0.6) is 0 Å². The number of allylic oxidation sites excluding steroid dienone is 2. The summed E-state index contributed by atoms with van der Waals surface area (Å²) in [4.78, 5) is 51.9. The average molecular weight is 459 g/mol. The molecule has 6 heteroatoms. The minimum atomic E-state index is -0.374. The minimum absolute atomic E-state index is 0.0342. The molecule has 34 heavy (non-hydrogen) atoms. The smallest absolute Gasteiger partial charge is 0.261 e. The number of rotatable bonds is 6. The lowest BCUT2D eigenvalue weighted by Crippen LogP contribution is -2.40. The van der Waals surface area contributed by atoms with Crippen LogP contribution < -0.4 is 5.32 Å². The number of fused-ring (bicyclic) bond motifs is 6. The topological polar surface area (TPSA) is 83.6 Å². The standard InChI is InChI=1S/C28H30N2O4/c1-4-28(3,5-2)12-14-6-15(7-14)13-30-26(33)22-10-18-16-8-20-21(25(32)29-24(20)31)9-17(16)19(18)11-23(22)27(30)34/h8-11,14-15,18-19H,4-7,12-13H2,1-3H3,(H,29,31,32). The second-order valence-corrected chi connectivity index (χ2v) is 11.2. The molecule has 1 saturated heterocycles. The van der Waals surface area contributed by atoms with Gasteiger partial charge >= 0.3 is 0 Å². The van der Waals surface area contributed by atoms with Crippen molar-refractivity contribution in [2.45, 2.75) is 64.7 Å². The van der Waals surface area contributed by atoms with E-state index < -0.39 is 0 Å². The quantitative estimate of drug-likeness (QED) is 0.647. The molecule has 0 spiro atoms. The van der Waals surface area contributed by atoms with E-state index in [1.807, 2.05) is 12.2 Å². The minimum Gasteiger partial charge on any atom is -0.288 e. The molecule has 4 amide bonds. The van der Waals surface area contributed by atoms with Crippen molar-refractivity contribution < 1.29 is 19.2 Å². The molecule has 2 fully saturated rings. The first-order valence-corrected chi connectivity index (χ1v) is 12.6. The lowest BCUT2D eigenvalue weighted by atomic mass is 9.63. The van der Waals surface area contributed by atoms with Crippen molar-refractivity contribution in [3.63, 3.8) is 0 Å². The van der Waals surface area contributed by atoms with Gasteiger partial charge in [-0.05, 0) is 59.8 Å². The summed E-state index contributed by atoms with van der Waals surface area (Å²) in [5.74, 6) is -0.113. The predicted molar refractivity (Wildman–Crippen MR) is 126 cm³/mol. The van der Waals surface area contributed by atoms with Crippen molar-refractivity contribution in [3.8, 4) is 0 Å². The van der Waals surface area contributed by atoms with E-state index >= 15 is 0 Å². The molecule has 0 radical (unpaired) electrons. The van der Waals surface area contributed by atoms with Crippen LogP contribution in [0.15, 0.2) is 35.4 Å². The number of benzene rings is 1. The SMILES string of the molecule is CCC(C)(CC)CC1CC(CN2C(=O)C3=CC4c5cc6c(cc5C4C=C3C2=O)C(=O)NC6=O)C1. The van der Waals surface area contributed by atoms with Crippen LogP contribution in [0.3, 0.4) is 0 Å². The highest BCUT2D eigenvalue weighted by atomic mass is 16.2. The van der Waals surface area contributed by atoms with Gasteiger partial charge < -0.3 is 0 Å². The van der Waals surface area contributed by atoms with Crippen LogP contribution in [0.25, 0.3) is 0 Å². The fourth-order valence-electron chi connectivity index (χ4n) is 6.65. The predicted octanol–water partition coefficient (Wildman–Crippen LogP) is 4.23. The Kier molecular flexibility index (Phi) is 4.58. The maximum Gasteiger partial charge on any atom is 0.261 e. The molecule has 2 atom stereocenters. The second kappa shape index (κ2) is 7.24. The molecule has 176 valence electrons. The second-order valence-electron chi connectivity index (χ2n) is 11.2. The Bertz CT molecular complexity index is 1150. The molecule has 6 rings (SSSR count). The third-order valence-corrected chi connectivity index (χ3v) is 9.24. The van der Waals surface area contributed by atoms with Gasteiger partial charge in [0.25, 0.3) is 23.6 Å². The van der Waals surface area contributed by atoms with Gasteiger partial charge in [0.1, 0.15) is 0 Å². The molecule has 0 bridgehead atoms. The van der Waals surface area contributed by atoms with Gasteiger partial charge in [0.05, 0.1) is 11.1 Å². The molecule has 1 saturated carbocycles. The van der Waals surface area contributed by atoms with Crippen LogP contribution >= 0.6 is 0 Å². The number of carbonyl (C=O) groups is 4. The summed E-state index contributed by atoms with van der Waals surface area (Å²) in [5, 5.41) is 2.33. The fraction of sp³-hybridized carbons (Fsp3) is 0.500. The molecule has 0 aromatic heterocycles. The number of nitrogens with one attached hydrogen (secondary N) is 1. The average Bonchev–Trinajstić information content (AvgIpc) is 3.21. The van der Waals surface area contributed by atoms with Crippen molar-refractivity contribution in [2.75, 3.05) is 6.54 Å². The molecule has 2 heterocycles. The van der Waals surface area contributed by atoms with Crippen LogP contribution in [0.2, 0.25) is 0 Å². The molecule has 6 nitrogen and oxygen atoms in total. The molecule has 2 unspecified atom stereocenters. The third kappa shape index (κ3) is 2.93. The van der Waals surface area contributed by atoms with Crippen molar-refractivity contribution in [1.29, 1.82) is 0 Å². The van der Waals surface area contributed by atoms with Crippen molar-refractivity contribution in [3.05, 3.63) is 57.7 Å². The summed E-state index contributed by atoms with van der Waals surface area (Å²) in [6.07, 6.45) is 9.57. The summed E-state index contributed by atoms with van der Waals surface area (Å²) < 4.78 is 0. The molecule has 5 aliphatic rings. The summed E-state index contributed by atoms with van der Waals surface area (Å²) >= 11 is 0. The highest BCUT2D eigenvalue weighted by Crippen LogP contribution is 2.54. The van der Waals surface area contributed by atoms with E-state index in [9.17, 15) is 19.2 Å². The maximum atomic E-state index is 13.2. The van der Waals surface area contributed by atoms with Gasteiger partial charge in [-0.25, -0.2) is 0 Å². The first-order chi connectivity index (χ1) is 16.2. The van der Waals surface area contributed by atoms with Gasteiger partial charge in [-0.2, -0.15) is 0 Å². The number of amides is 4. The van der Waals surface area contributed by atoms with Crippen LogP contribution in [-0.2, 0) is 9.59 Å². The molecular formula is C28H30N2O4. The lowest BCUT2D eigenvalue weighted by molar-refractivity contribution is -0.138. The monoisotopic (exact) mass is 458 g/mol. The van der Waals surface area contributed by atoms with Gasteiger partial charge in [0, 0.05) is 29.5 Å². The zero-order valence-corrected chi connectivity index (χ0v) is 19.9. The number of imide groups is 2. The molecule has 1 aromatic rings. The molecule has 1 N–H and O–H groups in total. The van der Waals surface area contributed by atoms with Crippen LogP contribution in [-0.4, -0.2) is 35.1 Å². The lowest BCUT2D eigenvalue weighted by Gasteiger charge is -2.42. The Labute approximate surface area is 199 Å². The summed E-state index contributed by atoms with van der Waals surface area (Å²) in [6, 6.07) is 3.55. The molecule has 3 aliphatic carbocycles. The van der Waals surface area contributed by atoms with Gasteiger partial charge in [-0.15, -0.1) is 0 Å². The van der Waals surface area contributed by atoms with Crippen LogP contribution in [0.1, 0.15) is 96.6 Å². The summed E-state index contributed by atoms with van der Waals surface area (Å²) in [7, 11) is 0. The van der Waals surface area contributed by atoms with E-state index in [0.717, 1.165) is 24.0 Å². The normalized spacial score (nSPS) is 28.9. The van der Waals surface area contributed by atoms with E-state index in [1.165, 1.54) is 24.2 Å². The van der Waals surface area contributed by atoms with Gasteiger partial charge in [-0.1, -0.05) is 45.8 Å². The van der Waals surface area contributed by atoms with E-state index in [0.29, 0.717) is 46.1 Å². The van der Waals surface area contributed by atoms with E-state index in [1.54, 1.807) is 12.1 Å². The zero-order chi connectivity index (χ0) is 23.9. The Morgan fingerprint density at radius 3 is 1.82 bits per heavy atom. The maximum absolute atomic E-state index is 13.2. The Hall–Kier alpha value is -3.02. The molecular weight excluding hydrogens is 428 g/mol. The van der Waals surface area contributed by atoms with Gasteiger partial charge in [-0.3, -0.25) is 29.4 Å². The number of likely N-dealkylation sites (tertiary alicyclic amines) is 1. The summed E-state index contributed by atoms with van der Waals surface area (Å²) in [6.45, 7) is 7.38. The number of carbonyl (C=O) groups excluding carboxylic acids is 4. The summed E-state index contributed by atoms with van der Waals surface area (Å²) in [5.41, 5.74) is 4.11. The van der Waals surface area contributed by atoms with Crippen molar-refractivity contribution >= 4 is 23.6 Å². The Balaban J connectivity index is 1.18. The van der Waals surface area contributed by atoms with E-state index in [-0.39, 0.29) is 35.5 Å². The van der Waals surface area contributed by atoms with Crippen LogP contribution in [0, 0.1) is 17.3 Å². The largest absolute Gasteiger partial charge is 0.288 e. The fourth-order valence-corrected chi connectivity index (χ4v) is 6.65. The van der Waals surface area contributed by atoms with Crippen molar-refractivity contribution in [2.24, 2.45) is 17.3 Å². The first-order valence-electron chi connectivity index (χ1n) is 12.6. The van der Waals surface area contributed by atoms with E-state index in [4.69, 9.17) is 0 Å². The van der Waals surface area contributed by atoms with Crippen LogP contribution in [0.4, 0.5) is 0 Å².